The van der Waals surface area contributed by atoms with Gasteiger partial charge in [0.05, 0.1) is 7.11 Å². The number of benzene rings is 1. The van der Waals surface area contributed by atoms with Gasteiger partial charge >= 0.3 is 0 Å². The maximum atomic E-state index is 5.50. The normalized spacial score (nSPS) is 17.9. The van der Waals surface area contributed by atoms with Crippen molar-refractivity contribution in [3.8, 4) is 5.75 Å². The molecule has 0 amide bonds. The highest BCUT2D eigenvalue weighted by Gasteiger charge is 2.19. The zero-order valence-electron chi connectivity index (χ0n) is 13.8. The highest BCUT2D eigenvalue weighted by atomic mass is 16.5. The fourth-order valence-electron chi connectivity index (χ4n) is 3.50. The zero-order chi connectivity index (χ0) is 15.1. The first-order chi connectivity index (χ1) is 10.2. The van der Waals surface area contributed by atoms with E-state index in [1.54, 1.807) is 7.11 Å². The van der Waals surface area contributed by atoms with Crippen molar-refractivity contribution < 1.29 is 4.74 Å². The zero-order valence-corrected chi connectivity index (χ0v) is 13.8. The van der Waals surface area contributed by atoms with Gasteiger partial charge in [-0.3, -0.25) is 0 Å². The summed E-state index contributed by atoms with van der Waals surface area (Å²) in [5, 5.41) is 3.44. The summed E-state index contributed by atoms with van der Waals surface area (Å²) in [5.74, 6) is 1.86. The third kappa shape index (κ3) is 4.72. The first kappa shape index (κ1) is 16.3. The average Bonchev–Trinajstić information content (AvgIpc) is 2.53. The third-order valence-electron chi connectivity index (χ3n) is 4.65. The van der Waals surface area contributed by atoms with Crippen LogP contribution in [0.2, 0.25) is 0 Å². The molecule has 1 saturated carbocycles. The Morgan fingerprint density at radius 2 is 1.95 bits per heavy atom. The molecule has 0 saturated heterocycles. The van der Waals surface area contributed by atoms with E-state index in [9.17, 15) is 0 Å². The summed E-state index contributed by atoms with van der Waals surface area (Å²) in [6, 6.07) is 8.63. The van der Waals surface area contributed by atoms with Gasteiger partial charge in [0.15, 0.2) is 0 Å². The molecule has 3 nitrogen and oxygen atoms in total. The van der Waals surface area contributed by atoms with Gasteiger partial charge < -0.3 is 15.0 Å². The molecule has 21 heavy (non-hydrogen) atoms. The second kappa shape index (κ2) is 8.40. The Kier molecular flexibility index (Phi) is 6.52. The van der Waals surface area contributed by atoms with Crippen LogP contribution in [0.3, 0.4) is 0 Å². The van der Waals surface area contributed by atoms with Gasteiger partial charge in [-0.15, -0.1) is 0 Å². The number of likely N-dealkylation sites (N-methyl/N-ethyl adjacent to an activating group) is 2. The Hall–Kier alpha value is -1.06. The van der Waals surface area contributed by atoms with Gasteiger partial charge in [-0.2, -0.15) is 0 Å². The summed E-state index contributed by atoms with van der Waals surface area (Å²) in [4.78, 5) is 2.48. The lowest BCUT2D eigenvalue weighted by Gasteiger charge is -2.30. The molecule has 1 aliphatic rings. The summed E-state index contributed by atoms with van der Waals surface area (Å²) in [6.07, 6.45) is 7.08. The van der Waals surface area contributed by atoms with E-state index in [2.05, 4.69) is 29.4 Å². The third-order valence-corrected chi connectivity index (χ3v) is 4.65. The Balaban J connectivity index is 1.94. The molecule has 0 aliphatic heterocycles. The second-order valence-electron chi connectivity index (χ2n) is 6.31. The fourth-order valence-corrected chi connectivity index (χ4v) is 3.50. The Labute approximate surface area is 129 Å². The van der Waals surface area contributed by atoms with Crippen molar-refractivity contribution in [2.24, 2.45) is 5.92 Å². The molecule has 0 bridgehead atoms. The second-order valence-corrected chi connectivity index (χ2v) is 6.31. The summed E-state index contributed by atoms with van der Waals surface area (Å²) in [6.45, 7) is 2.24. The van der Waals surface area contributed by atoms with Crippen LogP contribution in [0.15, 0.2) is 24.3 Å². The number of rotatable bonds is 7. The molecule has 1 aromatic rings. The summed E-state index contributed by atoms with van der Waals surface area (Å²) in [5.41, 5.74) is 1.25. The quantitative estimate of drug-likeness (QED) is 0.832. The van der Waals surface area contributed by atoms with Crippen molar-refractivity contribution in [2.45, 2.75) is 38.1 Å². The molecule has 0 aromatic heterocycles. The molecule has 3 heteroatoms. The van der Waals surface area contributed by atoms with Gasteiger partial charge in [-0.1, -0.05) is 37.5 Å². The standard InChI is InChI=1S/C18H30N2O/c1-19-17(16-11-7-8-12-18(16)21-3)14-20(2)13-15-9-5-4-6-10-15/h7-8,11-12,15,17,19H,4-6,9-10,13-14H2,1-3H3. The van der Waals surface area contributed by atoms with Crippen LogP contribution in [0.4, 0.5) is 0 Å². The van der Waals surface area contributed by atoms with Crippen molar-refractivity contribution in [2.75, 3.05) is 34.3 Å². The SMILES string of the molecule is CNC(CN(C)CC1CCCCC1)c1ccccc1OC. The Morgan fingerprint density at radius 3 is 2.62 bits per heavy atom. The van der Waals surface area contributed by atoms with Crippen LogP contribution in [0, 0.1) is 5.92 Å². The molecule has 1 unspecified atom stereocenters. The van der Waals surface area contributed by atoms with E-state index in [1.807, 2.05) is 19.2 Å². The van der Waals surface area contributed by atoms with Gasteiger partial charge in [-0.05, 0) is 38.9 Å². The van der Waals surface area contributed by atoms with Crippen molar-refractivity contribution in [1.29, 1.82) is 0 Å². The number of methoxy groups -OCH3 is 1. The number of hydrogen-bond acceptors (Lipinski definition) is 3. The molecule has 1 fully saturated rings. The van der Waals surface area contributed by atoms with E-state index in [0.717, 1.165) is 18.2 Å². The molecule has 1 atom stereocenters. The van der Waals surface area contributed by atoms with Crippen molar-refractivity contribution in [1.82, 2.24) is 10.2 Å². The smallest absolute Gasteiger partial charge is 0.123 e. The van der Waals surface area contributed by atoms with Gasteiger partial charge in [0.2, 0.25) is 0 Å². The molecule has 118 valence electrons. The Bertz CT molecular complexity index is 415. The lowest BCUT2D eigenvalue weighted by Crippen LogP contribution is -2.35. The van der Waals surface area contributed by atoms with Crippen LogP contribution >= 0.6 is 0 Å². The molecular formula is C18H30N2O. The number of para-hydroxylation sites is 1. The number of ether oxygens (including phenoxy) is 1. The van der Waals surface area contributed by atoms with Crippen LogP contribution < -0.4 is 10.1 Å². The summed E-state index contributed by atoms with van der Waals surface area (Å²) < 4.78 is 5.50. The van der Waals surface area contributed by atoms with Crippen LogP contribution in [-0.2, 0) is 0 Å². The van der Waals surface area contributed by atoms with E-state index in [4.69, 9.17) is 4.74 Å². The van der Waals surface area contributed by atoms with Gasteiger partial charge in [0, 0.05) is 24.7 Å². The molecule has 1 aromatic carbocycles. The van der Waals surface area contributed by atoms with Crippen LogP contribution in [0.5, 0.6) is 5.75 Å². The maximum Gasteiger partial charge on any atom is 0.123 e. The van der Waals surface area contributed by atoms with E-state index in [1.165, 1.54) is 44.2 Å². The lowest BCUT2D eigenvalue weighted by atomic mass is 9.89. The van der Waals surface area contributed by atoms with Gasteiger partial charge in [0.25, 0.3) is 0 Å². The lowest BCUT2D eigenvalue weighted by molar-refractivity contribution is 0.217. The highest BCUT2D eigenvalue weighted by Crippen LogP contribution is 2.27. The van der Waals surface area contributed by atoms with Crippen molar-refractivity contribution in [3.05, 3.63) is 29.8 Å². The minimum atomic E-state index is 0.315. The van der Waals surface area contributed by atoms with Gasteiger partial charge in [0.1, 0.15) is 5.75 Å². The van der Waals surface area contributed by atoms with E-state index in [-0.39, 0.29) is 0 Å². The monoisotopic (exact) mass is 290 g/mol. The highest BCUT2D eigenvalue weighted by molar-refractivity contribution is 5.36. The van der Waals surface area contributed by atoms with E-state index >= 15 is 0 Å². The summed E-state index contributed by atoms with van der Waals surface area (Å²) >= 11 is 0. The summed E-state index contributed by atoms with van der Waals surface area (Å²) in [7, 11) is 6.03. The fraction of sp³-hybridized carbons (Fsp3) is 0.667. The number of nitrogens with zero attached hydrogens (tertiary/aromatic N) is 1. The van der Waals surface area contributed by atoms with Crippen LogP contribution in [0.1, 0.15) is 43.7 Å². The molecule has 0 heterocycles. The van der Waals surface area contributed by atoms with Crippen molar-refractivity contribution >= 4 is 0 Å². The molecule has 2 rings (SSSR count). The Morgan fingerprint density at radius 1 is 1.24 bits per heavy atom. The minimum absolute atomic E-state index is 0.315. The van der Waals surface area contributed by atoms with E-state index in [0.29, 0.717) is 6.04 Å². The first-order valence-electron chi connectivity index (χ1n) is 8.23. The number of nitrogens with one attached hydrogen (secondary N) is 1. The van der Waals surface area contributed by atoms with Gasteiger partial charge in [-0.25, -0.2) is 0 Å². The topological polar surface area (TPSA) is 24.5 Å². The molecule has 1 aliphatic carbocycles. The van der Waals surface area contributed by atoms with E-state index < -0.39 is 0 Å². The van der Waals surface area contributed by atoms with Crippen molar-refractivity contribution in [3.63, 3.8) is 0 Å². The van der Waals surface area contributed by atoms with Crippen LogP contribution in [-0.4, -0.2) is 39.2 Å². The molecule has 0 radical (unpaired) electrons. The molecule has 1 N–H and O–H groups in total. The molecular weight excluding hydrogens is 260 g/mol. The predicted octanol–water partition coefficient (Wildman–Crippen LogP) is 3.47. The first-order valence-corrected chi connectivity index (χ1v) is 8.23. The minimum Gasteiger partial charge on any atom is -0.496 e. The molecule has 0 spiro atoms. The maximum absolute atomic E-state index is 5.50. The van der Waals surface area contributed by atoms with Crippen LogP contribution in [0.25, 0.3) is 0 Å². The largest absolute Gasteiger partial charge is 0.496 e. The number of hydrogen-bond donors (Lipinski definition) is 1. The average molecular weight is 290 g/mol. The predicted molar refractivity (Wildman–Crippen MR) is 88.9 cm³/mol.